The summed E-state index contributed by atoms with van der Waals surface area (Å²) in [6.07, 6.45) is 1.01. The van der Waals surface area contributed by atoms with E-state index in [2.05, 4.69) is 15.2 Å². The van der Waals surface area contributed by atoms with Gasteiger partial charge in [-0.2, -0.15) is 0 Å². The first-order valence-corrected chi connectivity index (χ1v) is 9.49. The fourth-order valence-corrected chi connectivity index (χ4v) is 3.81. The average molecular weight is 393 g/mol. The van der Waals surface area contributed by atoms with Gasteiger partial charge in [0.15, 0.2) is 11.3 Å². The van der Waals surface area contributed by atoms with E-state index in [9.17, 15) is 15.0 Å². The highest BCUT2D eigenvalue weighted by Crippen LogP contribution is 2.44. The molecule has 1 aromatic heterocycles. The van der Waals surface area contributed by atoms with E-state index in [0.717, 1.165) is 22.3 Å². The Morgan fingerprint density at radius 3 is 2.62 bits per heavy atom. The molecule has 29 heavy (non-hydrogen) atoms. The van der Waals surface area contributed by atoms with Gasteiger partial charge in [-0.1, -0.05) is 18.2 Å². The Labute approximate surface area is 168 Å². The zero-order valence-electron chi connectivity index (χ0n) is 16.8. The molecule has 1 unspecified atom stereocenters. The van der Waals surface area contributed by atoms with Gasteiger partial charge in [0.05, 0.1) is 5.52 Å². The van der Waals surface area contributed by atoms with Gasteiger partial charge in [-0.3, -0.25) is 4.79 Å². The quantitative estimate of drug-likeness (QED) is 0.538. The number of aromatic amines is 1. The second-order valence-electron chi connectivity index (χ2n) is 7.74. The Bertz CT molecular complexity index is 1180. The maximum atomic E-state index is 12.9. The number of azo groups is 1. The van der Waals surface area contributed by atoms with Crippen LogP contribution in [0.2, 0.25) is 0 Å². The lowest BCUT2D eigenvalue weighted by Crippen LogP contribution is -2.43. The van der Waals surface area contributed by atoms with Gasteiger partial charge in [-0.15, -0.1) is 10.2 Å². The van der Waals surface area contributed by atoms with Crippen molar-refractivity contribution >= 4 is 22.5 Å². The van der Waals surface area contributed by atoms with E-state index in [1.807, 2.05) is 32.9 Å². The van der Waals surface area contributed by atoms with Gasteiger partial charge in [-0.25, -0.2) is 0 Å². The van der Waals surface area contributed by atoms with E-state index in [1.165, 1.54) is 0 Å². The van der Waals surface area contributed by atoms with E-state index in [0.29, 0.717) is 29.5 Å². The number of carbonyl (C=O) groups is 1. The van der Waals surface area contributed by atoms with Gasteiger partial charge >= 0.3 is 5.91 Å². The summed E-state index contributed by atoms with van der Waals surface area (Å²) in [6, 6.07) is 7.26. The molecule has 0 spiro atoms. The maximum Gasteiger partial charge on any atom is 0.307 e. The molecule has 1 aliphatic heterocycles. The molecule has 1 atom stereocenters. The summed E-state index contributed by atoms with van der Waals surface area (Å²) >= 11 is 0. The van der Waals surface area contributed by atoms with Crippen LogP contribution >= 0.6 is 0 Å². The molecule has 1 aliphatic rings. The number of amides is 1. The summed E-state index contributed by atoms with van der Waals surface area (Å²) < 4.78 is 6.13. The fraction of sp³-hybridized carbons (Fsp3) is 0.318. The third kappa shape index (κ3) is 2.93. The molecule has 3 N–H and O–H groups in total. The monoisotopic (exact) mass is 393 g/mol. The highest BCUT2D eigenvalue weighted by atomic mass is 16.5. The van der Waals surface area contributed by atoms with Crippen molar-refractivity contribution in [1.82, 2.24) is 4.98 Å². The number of H-pyrrole nitrogens is 1. The Morgan fingerprint density at radius 1 is 1.14 bits per heavy atom. The van der Waals surface area contributed by atoms with Crippen LogP contribution in [0, 0.1) is 20.8 Å². The minimum atomic E-state index is -1.17. The minimum absolute atomic E-state index is 0.139. The largest absolute Gasteiger partial charge is 0.507 e. The Hall–Kier alpha value is -3.35. The molecule has 0 bridgehead atoms. The minimum Gasteiger partial charge on any atom is -0.507 e. The Kier molecular flexibility index (Phi) is 4.33. The number of nitrogens with one attached hydrogen (secondary N) is 1. The standard InChI is InChI=1S/C22H23N3O4/c1-11-12(2)19-14(13(3)18(11)26)9-10-22(4,29-19)21(28)25-24-17-15-7-5-6-8-16(15)23-20(17)27/h5-8,23,26-27H,9-10H2,1-4H3. The number of nitrogens with zero attached hydrogens (tertiary/aromatic N) is 2. The smallest absolute Gasteiger partial charge is 0.307 e. The molecule has 0 radical (unpaired) electrons. The van der Waals surface area contributed by atoms with Crippen LogP contribution in [0.3, 0.4) is 0 Å². The number of fused-ring (bicyclic) bond motifs is 2. The molecule has 4 rings (SSSR count). The van der Waals surface area contributed by atoms with Crippen LogP contribution in [0.5, 0.6) is 17.4 Å². The van der Waals surface area contributed by atoms with E-state index in [4.69, 9.17) is 4.74 Å². The molecule has 0 saturated carbocycles. The lowest BCUT2D eigenvalue weighted by atomic mass is 9.87. The highest BCUT2D eigenvalue weighted by Gasteiger charge is 2.41. The summed E-state index contributed by atoms with van der Waals surface area (Å²) in [5.41, 5.74) is 3.02. The zero-order valence-corrected chi connectivity index (χ0v) is 16.8. The van der Waals surface area contributed by atoms with E-state index >= 15 is 0 Å². The maximum absolute atomic E-state index is 12.9. The van der Waals surface area contributed by atoms with Crippen molar-refractivity contribution in [3.63, 3.8) is 0 Å². The van der Waals surface area contributed by atoms with E-state index in [-0.39, 0.29) is 17.3 Å². The normalized spacial score (nSPS) is 18.8. The third-order valence-electron chi connectivity index (χ3n) is 5.87. The summed E-state index contributed by atoms with van der Waals surface area (Å²) in [5.74, 6) is 0.246. The van der Waals surface area contributed by atoms with Crippen molar-refractivity contribution in [3.8, 4) is 17.4 Å². The highest BCUT2D eigenvalue weighted by molar-refractivity contribution is 5.94. The zero-order chi connectivity index (χ0) is 20.9. The van der Waals surface area contributed by atoms with Gasteiger partial charge < -0.3 is 19.9 Å². The lowest BCUT2D eigenvalue weighted by molar-refractivity contribution is -0.133. The molecule has 2 aromatic carbocycles. The van der Waals surface area contributed by atoms with Crippen LogP contribution < -0.4 is 4.74 Å². The second kappa shape index (κ2) is 6.62. The first-order chi connectivity index (χ1) is 13.7. The number of phenols is 1. The number of hydrogen-bond acceptors (Lipinski definition) is 5. The number of benzene rings is 2. The van der Waals surface area contributed by atoms with Gasteiger partial charge in [-0.05, 0) is 56.9 Å². The summed E-state index contributed by atoms with van der Waals surface area (Å²) in [7, 11) is 0. The van der Waals surface area contributed by atoms with Crippen LogP contribution in [0.4, 0.5) is 5.69 Å². The molecule has 0 saturated heterocycles. The van der Waals surface area contributed by atoms with E-state index < -0.39 is 11.5 Å². The van der Waals surface area contributed by atoms with Gasteiger partial charge in [0.2, 0.25) is 5.88 Å². The van der Waals surface area contributed by atoms with Crippen molar-refractivity contribution in [2.45, 2.75) is 46.1 Å². The predicted molar refractivity (Wildman–Crippen MR) is 109 cm³/mol. The van der Waals surface area contributed by atoms with Crippen molar-refractivity contribution in [2.24, 2.45) is 10.2 Å². The molecular formula is C22H23N3O4. The number of aromatic hydroxyl groups is 2. The molecule has 2 heterocycles. The number of aromatic nitrogens is 1. The summed E-state index contributed by atoms with van der Waals surface area (Å²) in [4.78, 5) is 15.7. The first-order valence-electron chi connectivity index (χ1n) is 9.49. The molecule has 7 heteroatoms. The van der Waals surface area contributed by atoms with Crippen molar-refractivity contribution < 1.29 is 19.7 Å². The molecule has 3 aromatic rings. The number of para-hydroxylation sites is 1. The van der Waals surface area contributed by atoms with Crippen LogP contribution in [0.1, 0.15) is 35.6 Å². The topological polar surface area (TPSA) is 107 Å². The first kappa shape index (κ1) is 19.0. The second-order valence-corrected chi connectivity index (χ2v) is 7.74. The number of hydrogen-bond donors (Lipinski definition) is 3. The molecule has 0 fully saturated rings. The van der Waals surface area contributed by atoms with Crippen molar-refractivity contribution in [3.05, 3.63) is 46.5 Å². The molecular weight excluding hydrogens is 370 g/mol. The van der Waals surface area contributed by atoms with Crippen LogP contribution in [-0.4, -0.2) is 26.7 Å². The lowest BCUT2D eigenvalue weighted by Gasteiger charge is -2.35. The van der Waals surface area contributed by atoms with Crippen molar-refractivity contribution in [2.75, 3.05) is 0 Å². The fourth-order valence-electron chi connectivity index (χ4n) is 3.81. The van der Waals surface area contributed by atoms with Gasteiger partial charge in [0, 0.05) is 17.4 Å². The number of ether oxygens (including phenoxy) is 1. The van der Waals surface area contributed by atoms with Crippen LogP contribution in [-0.2, 0) is 11.2 Å². The third-order valence-corrected chi connectivity index (χ3v) is 5.87. The molecule has 1 amide bonds. The Balaban J connectivity index is 1.66. The molecule has 0 aliphatic carbocycles. The average Bonchev–Trinajstić information content (AvgIpc) is 3.03. The number of phenolic OH excluding ortho intramolecular Hbond substituents is 1. The summed E-state index contributed by atoms with van der Waals surface area (Å²) in [5, 5.41) is 29.0. The SMILES string of the molecule is Cc1c(C)c2c(c(C)c1O)CCC(C)(C(=O)N=Nc1c(O)[nH]c3ccccc13)O2. The Morgan fingerprint density at radius 2 is 1.86 bits per heavy atom. The van der Waals surface area contributed by atoms with Gasteiger partial charge in [0.25, 0.3) is 0 Å². The number of rotatable bonds is 2. The van der Waals surface area contributed by atoms with E-state index in [1.54, 1.807) is 19.1 Å². The van der Waals surface area contributed by atoms with Crippen LogP contribution in [0.15, 0.2) is 34.5 Å². The molecule has 150 valence electrons. The van der Waals surface area contributed by atoms with Crippen molar-refractivity contribution in [1.29, 1.82) is 0 Å². The van der Waals surface area contributed by atoms with Gasteiger partial charge in [0.1, 0.15) is 11.5 Å². The predicted octanol–water partition coefficient (Wildman–Crippen LogP) is 4.90. The van der Waals surface area contributed by atoms with Crippen LogP contribution in [0.25, 0.3) is 10.9 Å². The summed E-state index contributed by atoms with van der Waals surface area (Å²) in [6.45, 7) is 7.25. The molecule has 7 nitrogen and oxygen atoms in total. The number of carbonyl (C=O) groups excluding carboxylic acids is 1.